The first-order valence-corrected chi connectivity index (χ1v) is 5.91. The van der Waals surface area contributed by atoms with Crippen molar-refractivity contribution in [3.63, 3.8) is 0 Å². The maximum absolute atomic E-state index is 11.6. The summed E-state index contributed by atoms with van der Waals surface area (Å²) in [5.74, 6) is -0.0868. The predicted molar refractivity (Wildman–Crippen MR) is 72.9 cm³/mol. The van der Waals surface area contributed by atoms with Crippen molar-refractivity contribution in [3.05, 3.63) is 33.4 Å². The van der Waals surface area contributed by atoms with E-state index in [0.29, 0.717) is 23.5 Å². The van der Waals surface area contributed by atoms with Crippen LogP contribution in [0.2, 0.25) is 0 Å². The molecule has 80 valence electrons. The third-order valence-electron chi connectivity index (χ3n) is 1.78. The summed E-state index contributed by atoms with van der Waals surface area (Å²) in [5, 5.41) is 2.76. The predicted octanol–water partition coefficient (Wildman–Crippen LogP) is 1.70. The summed E-state index contributed by atoms with van der Waals surface area (Å²) in [6.07, 6.45) is 0.532. The van der Waals surface area contributed by atoms with Gasteiger partial charge in [0.2, 0.25) is 0 Å². The number of nitrogens with two attached hydrogens (primary N) is 1. The van der Waals surface area contributed by atoms with E-state index in [1.165, 1.54) is 0 Å². The molecular formula is C10H11IN2OS. The number of amides is 1. The van der Waals surface area contributed by atoms with Gasteiger partial charge in [0.05, 0.1) is 10.6 Å². The van der Waals surface area contributed by atoms with Crippen molar-refractivity contribution in [1.82, 2.24) is 5.32 Å². The van der Waals surface area contributed by atoms with Crippen molar-refractivity contribution in [1.29, 1.82) is 0 Å². The molecule has 0 aliphatic heterocycles. The molecule has 1 amide bonds. The largest absolute Gasteiger partial charge is 0.393 e. The third kappa shape index (κ3) is 4.13. The Morgan fingerprint density at radius 3 is 2.73 bits per heavy atom. The molecule has 1 rings (SSSR count). The van der Waals surface area contributed by atoms with Gasteiger partial charge in [-0.05, 0) is 34.7 Å². The molecule has 15 heavy (non-hydrogen) atoms. The van der Waals surface area contributed by atoms with E-state index in [4.69, 9.17) is 18.0 Å². The highest BCUT2D eigenvalue weighted by Crippen LogP contribution is 2.10. The van der Waals surface area contributed by atoms with Gasteiger partial charge >= 0.3 is 0 Å². The number of thiocarbonyl (C=S) groups is 1. The molecule has 5 heteroatoms. The van der Waals surface area contributed by atoms with E-state index in [1.54, 1.807) is 6.07 Å². The molecule has 1 aromatic carbocycles. The van der Waals surface area contributed by atoms with Crippen molar-refractivity contribution in [2.24, 2.45) is 5.73 Å². The van der Waals surface area contributed by atoms with Gasteiger partial charge in [-0.25, -0.2) is 0 Å². The van der Waals surface area contributed by atoms with Crippen LogP contribution in [-0.2, 0) is 0 Å². The van der Waals surface area contributed by atoms with Gasteiger partial charge in [0.15, 0.2) is 0 Å². The summed E-state index contributed by atoms with van der Waals surface area (Å²) in [4.78, 5) is 12.1. The number of nitrogens with one attached hydrogen (secondary N) is 1. The molecule has 0 spiro atoms. The zero-order valence-electron chi connectivity index (χ0n) is 8.00. The minimum atomic E-state index is -0.0868. The lowest BCUT2D eigenvalue weighted by Gasteiger charge is -2.05. The summed E-state index contributed by atoms with van der Waals surface area (Å²) in [7, 11) is 0. The Morgan fingerprint density at radius 1 is 1.47 bits per heavy atom. The van der Waals surface area contributed by atoms with E-state index in [9.17, 15) is 4.79 Å². The maximum atomic E-state index is 11.6. The quantitative estimate of drug-likeness (QED) is 0.651. The summed E-state index contributed by atoms with van der Waals surface area (Å²) in [5.41, 5.74) is 6.01. The lowest BCUT2D eigenvalue weighted by atomic mass is 10.2. The Balaban J connectivity index is 2.54. The van der Waals surface area contributed by atoms with Crippen molar-refractivity contribution >= 4 is 45.7 Å². The van der Waals surface area contributed by atoms with Crippen molar-refractivity contribution in [3.8, 4) is 0 Å². The minimum Gasteiger partial charge on any atom is -0.393 e. The fourth-order valence-electron chi connectivity index (χ4n) is 1.04. The van der Waals surface area contributed by atoms with Crippen molar-refractivity contribution in [2.45, 2.75) is 6.42 Å². The van der Waals surface area contributed by atoms with Crippen LogP contribution in [0.25, 0.3) is 0 Å². The minimum absolute atomic E-state index is 0.0868. The number of carbonyl (C=O) groups excluding carboxylic acids is 1. The molecule has 1 aromatic rings. The molecule has 0 fully saturated rings. The first kappa shape index (κ1) is 12.4. The molecule has 0 heterocycles. The van der Waals surface area contributed by atoms with Crippen LogP contribution >= 0.6 is 34.8 Å². The number of benzene rings is 1. The number of halogens is 1. The molecule has 0 saturated carbocycles. The molecule has 0 aliphatic carbocycles. The molecule has 0 atom stereocenters. The molecule has 0 bridgehead atoms. The van der Waals surface area contributed by atoms with E-state index < -0.39 is 0 Å². The highest BCUT2D eigenvalue weighted by atomic mass is 127. The summed E-state index contributed by atoms with van der Waals surface area (Å²) in [6.45, 7) is 0.485. The zero-order valence-corrected chi connectivity index (χ0v) is 11.0. The fraction of sp³-hybridized carbons (Fsp3) is 0.200. The van der Waals surface area contributed by atoms with Gasteiger partial charge in [0.1, 0.15) is 0 Å². The summed E-state index contributed by atoms with van der Waals surface area (Å²) in [6, 6.07) is 7.42. The highest BCUT2D eigenvalue weighted by molar-refractivity contribution is 14.1. The van der Waals surface area contributed by atoms with Crippen LogP contribution in [-0.4, -0.2) is 17.4 Å². The van der Waals surface area contributed by atoms with Crippen LogP contribution in [0.15, 0.2) is 24.3 Å². The molecule has 0 unspecified atom stereocenters. The third-order valence-corrected chi connectivity index (χ3v) is 2.92. The highest BCUT2D eigenvalue weighted by Gasteiger charge is 2.07. The Morgan fingerprint density at radius 2 is 2.13 bits per heavy atom. The smallest absolute Gasteiger partial charge is 0.252 e. The van der Waals surface area contributed by atoms with E-state index in [1.807, 2.05) is 18.2 Å². The first-order valence-electron chi connectivity index (χ1n) is 4.42. The lowest BCUT2D eigenvalue weighted by molar-refractivity contribution is 0.0954. The average molecular weight is 334 g/mol. The molecule has 3 nitrogen and oxygen atoms in total. The van der Waals surface area contributed by atoms with Crippen LogP contribution in [0.4, 0.5) is 0 Å². The SMILES string of the molecule is NC(=S)CCNC(=O)c1ccccc1I. The van der Waals surface area contributed by atoms with E-state index in [2.05, 4.69) is 27.9 Å². The van der Waals surface area contributed by atoms with Gasteiger partial charge in [0.25, 0.3) is 5.91 Å². The van der Waals surface area contributed by atoms with Gasteiger partial charge in [-0.2, -0.15) is 0 Å². The second-order valence-corrected chi connectivity index (χ2v) is 4.64. The van der Waals surface area contributed by atoms with Crippen LogP contribution in [0.5, 0.6) is 0 Å². The Kier molecular flexibility index (Phi) is 4.97. The number of hydrogen-bond acceptors (Lipinski definition) is 2. The lowest BCUT2D eigenvalue weighted by Crippen LogP contribution is -2.27. The molecule has 0 saturated heterocycles. The van der Waals surface area contributed by atoms with Crippen molar-refractivity contribution < 1.29 is 4.79 Å². The zero-order chi connectivity index (χ0) is 11.3. The Bertz CT molecular complexity index is 381. The summed E-state index contributed by atoms with van der Waals surface area (Å²) < 4.78 is 0.933. The van der Waals surface area contributed by atoms with Crippen LogP contribution in [0.1, 0.15) is 16.8 Å². The number of rotatable bonds is 4. The van der Waals surface area contributed by atoms with Crippen LogP contribution < -0.4 is 11.1 Å². The first-order chi connectivity index (χ1) is 7.11. The molecular weight excluding hydrogens is 323 g/mol. The van der Waals surface area contributed by atoms with Crippen LogP contribution in [0.3, 0.4) is 0 Å². The van der Waals surface area contributed by atoms with Gasteiger partial charge in [-0.15, -0.1) is 0 Å². The summed E-state index contributed by atoms with van der Waals surface area (Å²) >= 11 is 6.84. The molecule has 0 aliphatic rings. The van der Waals surface area contributed by atoms with Gasteiger partial charge in [-0.1, -0.05) is 24.4 Å². The second kappa shape index (κ2) is 6.02. The maximum Gasteiger partial charge on any atom is 0.252 e. The Labute approximate surface area is 108 Å². The van der Waals surface area contributed by atoms with E-state index >= 15 is 0 Å². The second-order valence-electron chi connectivity index (χ2n) is 2.95. The standard InChI is InChI=1S/C10H11IN2OS/c11-8-4-2-1-3-7(8)10(14)13-6-5-9(12)15/h1-4H,5-6H2,(H2,12,15)(H,13,14). The fourth-order valence-corrected chi connectivity index (χ4v) is 1.77. The topological polar surface area (TPSA) is 55.1 Å². The normalized spacial score (nSPS) is 9.67. The number of hydrogen-bond donors (Lipinski definition) is 2. The van der Waals surface area contributed by atoms with Gasteiger partial charge in [-0.3, -0.25) is 4.79 Å². The van der Waals surface area contributed by atoms with Gasteiger partial charge in [0, 0.05) is 16.5 Å². The van der Waals surface area contributed by atoms with Crippen molar-refractivity contribution in [2.75, 3.05) is 6.54 Å². The average Bonchev–Trinajstić information content (AvgIpc) is 2.17. The monoisotopic (exact) mass is 334 g/mol. The molecule has 0 aromatic heterocycles. The molecule has 0 radical (unpaired) electrons. The van der Waals surface area contributed by atoms with E-state index in [0.717, 1.165) is 3.57 Å². The Hall–Kier alpha value is -0.690. The van der Waals surface area contributed by atoms with Crippen LogP contribution in [0, 0.1) is 3.57 Å². The van der Waals surface area contributed by atoms with Gasteiger partial charge < -0.3 is 11.1 Å². The molecule has 3 N–H and O–H groups in total. The number of carbonyl (C=O) groups is 1. The van der Waals surface area contributed by atoms with E-state index in [-0.39, 0.29) is 5.91 Å².